The Kier molecular flexibility index (Phi) is 4.75. The van der Waals surface area contributed by atoms with Gasteiger partial charge in [0.2, 0.25) is 0 Å². The molecular weight excluding hydrogens is 284 g/mol. The maximum absolute atomic E-state index is 13.5. The Bertz CT molecular complexity index is 458. The molecule has 4 heteroatoms. The van der Waals surface area contributed by atoms with Gasteiger partial charge in [0.15, 0.2) is 0 Å². The van der Waals surface area contributed by atoms with Crippen LogP contribution in [0.1, 0.15) is 51.1 Å². The van der Waals surface area contributed by atoms with Gasteiger partial charge in [0.1, 0.15) is 5.82 Å². The van der Waals surface area contributed by atoms with Gasteiger partial charge in [0.25, 0.3) is 0 Å². The second-order valence-electron chi connectivity index (χ2n) is 5.64. The minimum Gasteiger partial charge on any atom is -0.310 e. The zero-order valence-electron chi connectivity index (χ0n) is 11.4. The van der Waals surface area contributed by atoms with Crippen molar-refractivity contribution in [1.82, 2.24) is 5.32 Å². The van der Waals surface area contributed by atoms with E-state index in [1.165, 1.54) is 37.8 Å². The van der Waals surface area contributed by atoms with Gasteiger partial charge in [0.05, 0.1) is 5.02 Å². The smallest absolute Gasteiger partial charge is 0.142 e. The van der Waals surface area contributed by atoms with Crippen LogP contribution in [-0.2, 0) is 0 Å². The quantitative estimate of drug-likeness (QED) is 0.697. The molecule has 1 unspecified atom stereocenters. The molecule has 0 aliphatic heterocycles. The Balaban J connectivity index is 2.00. The van der Waals surface area contributed by atoms with Gasteiger partial charge in [-0.1, -0.05) is 36.5 Å². The molecule has 1 aliphatic carbocycles. The molecule has 0 saturated heterocycles. The van der Waals surface area contributed by atoms with Crippen molar-refractivity contribution in [1.29, 1.82) is 0 Å². The molecule has 2 rings (SSSR count). The van der Waals surface area contributed by atoms with E-state index in [2.05, 4.69) is 12.2 Å². The first-order valence-electron chi connectivity index (χ1n) is 6.85. The minimum absolute atomic E-state index is 0.0357. The van der Waals surface area contributed by atoms with Crippen molar-refractivity contribution in [2.75, 3.05) is 6.54 Å². The van der Waals surface area contributed by atoms with Crippen LogP contribution in [0.3, 0.4) is 0 Å². The van der Waals surface area contributed by atoms with Gasteiger partial charge >= 0.3 is 0 Å². The summed E-state index contributed by atoms with van der Waals surface area (Å²) in [7, 11) is 0. The van der Waals surface area contributed by atoms with Crippen LogP contribution in [0.2, 0.25) is 10.0 Å². The largest absolute Gasteiger partial charge is 0.310 e. The van der Waals surface area contributed by atoms with Crippen LogP contribution in [0, 0.1) is 11.2 Å². The van der Waals surface area contributed by atoms with Crippen LogP contribution in [-0.4, -0.2) is 6.54 Å². The predicted molar refractivity (Wildman–Crippen MR) is 79.4 cm³/mol. The summed E-state index contributed by atoms with van der Waals surface area (Å²) >= 11 is 11.8. The summed E-state index contributed by atoms with van der Waals surface area (Å²) in [4.78, 5) is 0. The van der Waals surface area contributed by atoms with Crippen LogP contribution in [0.5, 0.6) is 0 Å². The summed E-state index contributed by atoms with van der Waals surface area (Å²) < 4.78 is 13.5. The first kappa shape index (κ1) is 15.1. The monoisotopic (exact) mass is 303 g/mol. The van der Waals surface area contributed by atoms with Crippen LogP contribution < -0.4 is 5.32 Å². The Morgan fingerprint density at radius 2 is 2.00 bits per heavy atom. The molecule has 1 N–H and O–H groups in total. The van der Waals surface area contributed by atoms with Gasteiger partial charge in [-0.3, -0.25) is 0 Å². The number of hydrogen-bond donors (Lipinski definition) is 1. The van der Waals surface area contributed by atoms with Crippen LogP contribution >= 0.6 is 23.2 Å². The van der Waals surface area contributed by atoms with Gasteiger partial charge in [-0.15, -0.1) is 0 Å². The lowest BCUT2D eigenvalue weighted by atomic mass is 9.99. The Labute approximate surface area is 124 Å². The lowest BCUT2D eigenvalue weighted by molar-refractivity contribution is 0.397. The zero-order chi connectivity index (χ0) is 14.0. The highest BCUT2D eigenvalue weighted by Gasteiger charge is 2.41. The van der Waals surface area contributed by atoms with Gasteiger partial charge in [-0.2, -0.15) is 0 Å². The molecule has 0 aromatic heterocycles. The molecule has 0 bridgehead atoms. The SMILES string of the molecule is CCCC1(CNC(C)c2cc(F)c(Cl)cc2Cl)CC1. The van der Waals surface area contributed by atoms with E-state index in [1.807, 2.05) is 6.92 Å². The minimum atomic E-state index is -0.413. The molecule has 0 radical (unpaired) electrons. The Hall–Kier alpha value is -0.310. The van der Waals surface area contributed by atoms with E-state index in [0.717, 1.165) is 12.1 Å². The molecule has 1 nitrogen and oxygen atoms in total. The van der Waals surface area contributed by atoms with E-state index in [9.17, 15) is 4.39 Å². The lowest BCUT2D eigenvalue weighted by Crippen LogP contribution is -2.27. The number of nitrogens with one attached hydrogen (secondary N) is 1. The number of hydrogen-bond acceptors (Lipinski definition) is 1. The van der Waals surface area contributed by atoms with Crippen molar-refractivity contribution < 1.29 is 4.39 Å². The fraction of sp³-hybridized carbons (Fsp3) is 0.600. The topological polar surface area (TPSA) is 12.0 Å². The molecular formula is C15H20Cl2FN. The number of halogens is 3. The summed E-state index contributed by atoms with van der Waals surface area (Å²) in [5, 5.41) is 4.07. The molecule has 1 aromatic rings. The highest BCUT2D eigenvalue weighted by Crippen LogP contribution is 2.49. The summed E-state index contributed by atoms with van der Waals surface area (Å²) in [5.41, 5.74) is 1.25. The van der Waals surface area contributed by atoms with Crippen LogP contribution in [0.4, 0.5) is 4.39 Å². The fourth-order valence-electron chi connectivity index (χ4n) is 2.57. The molecule has 1 aliphatic rings. The maximum Gasteiger partial charge on any atom is 0.142 e. The maximum atomic E-state index is 13.5. The van der Waals surface area contributed by atoms with Crippen molar-refractivity contribution in [3.05, 3.63) is 33.6 Å². The van der Waals surface area contributed by atoms with Gasteiger partial charge in [-0.05, 0) is 49.3 Å². The van der Waals surface area contributed by atoms with Crippen molar-refractivity contribution in [3.63, 3.8) is 0 Å². The average Bonchev–Trinajstić information content (AvgIpc) is 3.12. The molecule has 106 valence electrons. The van der Waals surface area contributed by atoms with Gasteiger partial charge < -0.3 is 5.32 Å². The van der Waals surface area contributed by atoms with E-state index < -0.39 is 5.82 Å². The average molecular weight is 304 g/mol. The number of benzene rings is 1. The molecule has 1 saturated carbocycles. The van der Waals surface area contributed by atoms with Crippen molar-refractivity contribution in [3.8, 4) is 0 Å². The fourth-order valence-corrected chi connectivity index (χ4v) is 3.12. The van der Waals surface area contributed by atoms with Gasteiger partial charge in [-0.25, -0.2) is 4.39 Å². The van der Waals surface area contributed by atoms with E-state index >= 15 is 0 Å². The van der Waals surface area contributed by atoms with Crippen LogP contribution in [0.25, 0.3) is 0 Å². The summed E-state index contributed by atoms with van der Waals surface area (Å²) in [5.74, 6) is -0.413. The first-order chi connectivity index (χ1) is 8.97. The molecule has 1 fully saturated rings. The van der Waals surface area contributed by atoms with E-state index in [1.54, 1.807) is 0 Å². The first-order valence-corrected chi connectivity index (χ1v) is 7.61. The highest BCUT2D eigenvalue weighted by atomic mass is 35.5. The summed E-state index contributed by atoms with van der Waals surface area (Å²) in [6.07, 6.45) is 5.06. The second kappa shape index (κ2) is 5.99. The second-order valence-corrected chi connectivity index (χ2v) is 6.45. The molecule has 0 spiro atoms. The standard InChI is InChI=1S/C15H20Cl2FN/c1-3-4-15(5-6-15)9-19-10(2)11-7-14(18)13(17)8-12(11)16/h7-8,10,19H,3-6,9H2,1-2H3. The Morgan fingerprint density at radius 3 is 2.58 bits per heavy atom. The van der Waals surface area contributed by atoms with E-state index in [0.29, 0.717) is 10.4 Å². The summed E-state index contributed by atoms with van der Waals surface area (Å²) in [6, 6.07) is 2.95. The summed E-state index contributed by atoms with van der Waals surface area (Å²) in [6.45, 7) is 5.20. The third-order valence-corrected chi connectivity index (χ3v) is 4.64. The van der Waals surface area contributed by atoms with Gasteiger partial charge in [0, 0.05) is 17.6 Å². The molecule has 1 atom stereocenters. The normalized spacial score (nSPS) is 18.4. The molecule has 0 amide bonds. The molecule has 0 heterocycles. The van der Waals surface area contributed by atoms with E-state index in [-0.39, 0.29) is 11.1 Å². The number of rotatable bonds is 6. The highest BCUT2D eigenvalue weighted by molar-refractivity contribution is 6.35. The Morgan fingerprint density at radius 1 is 1.32 bits per heavy atom. The molecule has 19 heavy (non-hydrogen) atoms. The third-order valence-electron chi connectivity index (χ3n) is 4.03. The van der Waals surface area contributed by atoms with Crippen molar-refractivity contribution in [2.24, 2.45) is 5.41 Å². The van der Waals surface area contributed by atoms with Crippen LogP contribution in [0.15, 0.2) is 12.1 Å². The predicted octanol–water partition coefficient (Wildman–Crippen LogP) is 5.36. The van der Waals surface area contributed by atoms with Crippen molar-refractivity contribution >= 4 is 23.2 Å². The molecule has 1 aromatic carbocycles. The third kappa shape index (κ3) is 3.62. The van der Waals surface area contributed by atoms with Crippen molar-refractivity contribution in [2.45, 2.75) is 45.6 Å². The lowest BCUT2D eigenvalue weighted by Gasteiger charge is -2.21. The van der Waals surface area contributed by atoms with E-state index in [4.69, 9.17) is 23.2 Å². The zero-order valence-corrected chi connectivity index (χ0v) is 12.9.